The topological polar surface area (TPSA) is 0 Å². The van der Waals surface area contributed by atoms with E-state index in [4.69, 9.17) is 11.6 Å². The van der Waals surface area contributed by atoms with Crippen LogP contribution in [-0.2, 0) is 0 Å². The summed E-state index contributed by atoms with van der Waals surface area (Å²) in [5.41, 5.74) is 0. The molecule has 1 atom stereocenters. The molecule has 0 nitrogen and oxygen atoms in total. The molecule has 1 unspecified atom stereocenters. The van der Waals surface area contributed by atoms with Crippen molar-refractivity contribution in [1.29, 1.82) is 0 Å². The second-order valence-electron chi connectivity index (χ2n) is 1.55. The first-order chi connectivity index (χ1) is 2.27. The third-order valence-electron chi connectivity index (χ3n) is 0.309. The molecule has 0 amide bonds. The zero-order valence-corrected chi connectivity index (χ0v) is 6.54. The Hall–Kier alpha value is 0.720. The summed E-state index contributed by atoms with van der Waals surface area (Å²) >= 11 is 5.34. The van der Waals surface area contributed by atoms with Crippen molar-refractivity contribution in [2.24, 2.45) is 5.92 Å². The predicted octanol–water partition coefficient (Wildman–Crippen LogP) is 1.94. The number of hydrogen-bond acceptors (Lipinski definition) is 0. The van der Waals surface area contributed by atoms with Gasteiger partial charge < -0.3 is 0 Å². The van der Waals surface area contributed by atoms with Gasteiger partial charge in [0, 0.05) is 5.88 Å². The van der Waals surface area contributed by atoms with Gasteiger partial charge in [-0.3, -0.25) is 0 Å². The van der Waals surface area contributed by atoms with E-state index in [1.807, 2.05) is 0 Å². The van der Waals surface area contributed by atoms with Crippen molar-refractivity contribution < 1.29 is 0 Å². The number of rotatable bonds is 1. The monoisotopic (exact) mass is 126 g/mol. The Kier molecular flexibility index (Phi) is 9.41. The molecule has 0 N–H and O–H groups in total. The highest BCUT2D eigenvalue weighted by Crippen LogP contribution is 1.91. The Morgan fingerprint density at radius 2 is 1.67 bits per heavy atom. The van der Waals surface area contributed by atoms with Gasteiger partial charge in [-0.1, -0.05) is 13.8 Å². The molecule has 0 aliphatic carbocycles. The average molecular weight is 127 g/mol. The highest BCUT2D eigenvalue weighted by atomic mass is 35.5. The lowest BCUT2D eigenvalue weighted by Crippen LogP contribution is -1.83. The van der Waals surface area contributed by atoms with Crippen molar-refractivity contribution >= 4 is 21.5 Å². The van der Waals surface area contributed by atoms with Gasteiger partial charge in [-0.05, 0) is 5.92 Å². The summed E-state index contributed by atoms with van der Waals surface area (Å²) in [5.74, 6) is 1.43. The molecular weight excluding hydrogens is 114 g/mol. The fraction of sp³-hybridized carbons (Fsp3) is 1.00. The summed E-state index contributed by atoms with van der Waals surface area (Å²) in [4.78, 5) is 0. The molecule has 0 spiro atoms. The smallest absolute Gasteiger partial charge is 0.0246 e. The van der Waals surface area contributed by atoms with Crippen LogP contribution in [0.25, 0.3) is 0 Å². The molecule has 6 heavy (non-hydrogen) atoms. The molecule has 0 aliphatic rings. The number of halogens is 1. The Morgan fingerprint density at radius 3 is 1.67 bits per heavy atom. The van der Waals surface area contributed by atoms with E-state index < -0.39 is 0 Å². The van der Waals surface area contributed by atoms with E-state index in [9.17, 15) is 0 Å². The van der Waals surface area contributed by atoms with Gasteiger partial charge in [0.2, 0.25) is 0 Å². The van der Waals surface area contributed by atoms with Gasteiger partial charge in [0.15, 0.2) is 0 Å². The van der Waals surface area contributed by atoms with E-state index in [1.54, 1.807) is 0 Å². The van der Waals surface area contributed by atoms with Crippen molar-refractivity contribution in [3.8, 4) is 0 Å². The molecule has 0 aliphatic heterocycles. The Bertz CT molecular complexity index is 21.5. The zero-order valence-electron chi connectivity index (χ0n) is 4.37. The quantitative estimate of drug-likeness (QED) is 0.372. The van der Waals surface area contributed by atoms with E-state index in [0.29, 0.717) is 5.92 Å². The van der Waals surface area contributed by atoms with E-state index in [2.05, 4.69) is 13.8 Å². The third kappa shape index (κ3) is 8.83. The summed E-state index contributed by atoms with van der Waals surface area (Å²) in [6.45, 7) is 4.18. The zero-order chi connectivity index (χ0) is 4.28. The molecule has 0 saturated carbocycles. The highest BCUT2D eigenvalue weighted by Gasteiger charge is 1.82. The molecule has 0 radical (unpaired) electrons. The van der Waals surface area contributed by atoms with Gasteiger partial charge in [0.1, 0.15) is 0 Å². The van der Waals surface area contributed by atoms with Gasteiger partial charge in [0.05, 0.1) is 0 Å². The first kappa shape index (κ1) is 9.87. The second kappa shape index (κ2) is 5.72. The van der Waals surface area contributed by atoms with Crippen molar-refractivity contribution in [3.05, 3.63) is 0 Å². The van der Waals surface area contributed by atoms with Crippen LogP contribution in [0.5, 0.6) is 0 Å². The van der Waals surface area contributed by atoms with Crippen molar-refractivity contribution in [3.63, 3.8) is 0 Å². The first-order valence-electron chi connectivity index (χ1n) is 1.83. The highest BCUT2D eigenvalue weighted by molar-refractivity contribution is 6.92. The molecule has 0 saturated heterocycles. The minimum atomic E-state index is 0. The summed E-state index contributed by atoms with van der Waals surface area (Å²) < 4.78 is 0. The molecule has 0 aromatic heterocycles. The van der Waals surface area contributed by atoms with Crippen LogP contribution in [0.4, 0.5) is 0 Å². The van der Waals surface area contributed by atoms with Gasteiger partial charge in [0.25, 0.3) is 0 Å². The first-order valence-corrected chi connectivity index (χ1v) is 2.36. The van der Waals surface area contributed by atoms with Crippen LogP contribution in [0.1, 0.15) is 13.8 Å². The Balaban J connectivity index is 0. The van der Waals surface area contributed by atoms with Crippen LogP contribution in [0, 0.1) is 5.92 Å². The van der Waals surface area contributed by atoms with E-state index in [1.165, 1.54) is 0 Å². The molecule has 2 heteroatoms. The molecule has 0 aromatic carbocycles. The minimum Gasteiger partial charge on any atom is -0.153 e. The van der Waals surface area contributed by atoms with E-state index in [-0.39, 0.29) is 9.90 Å². The third-order valence-corrected chi connectivity index (χ3v) is 0.926. The Labute approximate surface area is 47.9 Å². The van der Waals surface area contributed by atoms with Gasteiger partial charge in [-0.15, -0.1) is 11.6 Å². The van der Waals surface area contributed by atoms with E-state index in [0.717, 1.165) is 5.88 Å². The summed E-state index contributed by atoms with van der Waals surface area (Å²) in [7, 11) is 0. The largest absolute Gasteiger partial charge is 0.153 e. The van der Waals surface area contributed by atoms with Crippen LogP contribution in [-0.4, -0.2) is 5.88 Å². The number of hydrogen-bond donors (Lipinski definition) is 0. The predicted molar refractivity (Wildman–Crippen MR) is 36.7 cm³/mol. The van der Waals surface area contributed by atoms with Crippen LogP contribution in [0.2, 0.25) is 0 Å². The minimum absolute atomic E-state index is 0. The van der Waals surface area contributed by atoms with Crippen LogP contribution < -0.4 is 0 Å². The van der Waals surface area contributed by atoms with Gasteiger partial charge in [-0.25, -0.2) is 0 Å². The number of alkyl halides is 1. The standard InChI is InChI=1S/C4H9Cl.H3P/c1-4(2)3-5;/h4H,3H2,1-2H3;1H3. The van der Waals surface area contributed by atoms with E-state index >= 15 is 0 Å². The average Bonchev–Trinajstić information content (AvgIpc) is 1.38. The fourth-order valence-electron chi connectivity index (χ4n) is 0. The molecule has 0 rings (SSSR count). The summed E-state index contributed by atoms with van der Waals surface area (Å²) in [6.07, 6.45) is 0. The van der Waals surface area contributed by atoms with Crippen molar-refractivity contribution in [1.82, 2.24) is 0 Å². The lowest BCUT2D eigenvalue weighted by atomic mass is 10.3. The Morgan fingerprint density at radius 1 is 1.50 bits per heavy atom. The van der Waals surface area contributed by atoms with Gasteiger partial charge >= 0.3 is 0 Å². The maximum absolute atomic E-state index is 5.34. The van der Waals surface area contributed by atoms with Crippen LogP contribution in [0.15, 0.2) is 0 Å². The normalized spacial score (nSPS) is 8.00. The molecule has 0 aromatic rings. The van der Waals surface area contributed by atoms with Crippen LogP contribution in [0.3, 0.4) is 0 Å². The molecule has 0 bridgehead atoms. The second-order valence-corrected chi connectivity index (χ2v) is 1.86. The van der Waals surface area contributed by atoms with Gasteiger partial charge in [-0.2, -0.15) is 9.90 Å². The molecule has 40 valence electrons. The maximum Gasteiger partial charge on any atom is 0.0246 e. The summed E-state index contributed by atoms with van der Waals surface area (Å²) in [5, 5.41) is 0. The molecule has 0 heterocycles. The van der Waals surface area contributed by atoms with Crippen LogP contribution >= 0.6 is 21.5 Å². The lowest BCUT2D eigenvalue weighted by Gasteiger charge is -1.88. The SMILES string of the molecule is CC(C)CCl.P. The fourth-order valence-corrected chi connectivity index (χ4v) is 0. The molecule has 0 fully saturated rings. The maximum atomic E-state index is 5.34. The van der Waals surface area contributed by atoms with Crippen molar-refractivity contribution in [2.45, 2.75) is 13.8 Å². The van der Waals surface area contributed by atoms with Crippen molar-refractivity contribution in [2.75, 3.05) is 5.88 Å². The molecular formula is C4H12ClP. The summed E-state index contributed by atoms with van der Waals surface area (Å²) in [6, 6.07) is 0. The lowest BCUT2D eigenvalue weighted by molar-refractivity contribution is 0.745.